The maximum atomic E-state index is 13.3. The minimum absolute atomic E-state index is 0.0595. The zero-order valence-corrected chi connectivity index (χ0v) is 20.4. The molecule has 0 spiro atoms. The predicted molar refractivity (Wildman–Crippen MR) is 131 cm³/mol. The fourth-order valence-electron chi connectivity index (χ4n) is 7.73. The topological polar surface area (TPSA) is 78.7 Å². The molecule has 0 aromatic carbocycles. The summed E-state index contributed by atoms with van der Waals surface area (Å²) in [6, 6.07) is 5.84. The lowest BCUT2D eigenvalue weighted by Gasteiger charge is -2.56. The number of fused-ring (bicyclic) bond motifs is 1. The summed E-state index contributed by atoms with van der Waals surface area (Å²) in [5, 5.41) is 6.77. The van der Waals surface area contributed by atoms with E-state index in [4.69, 9.17) is 0 Å². The van der Waals surface area contributed by atoms with E-state index in [1.165, 1.54) is 38.5 Å². The van der Waals surface area contributed by atoms with Gasteiger partial charge in [0, 0.05) is 38.4 Å². The number of aromatic nitrogens is 2. The third-order valence-electron chi connectivity index (χ3n) is 9.03. The Morgan fingerprint density at radius 3 is 2.53 bits per heavy atom. The van der Waals surface area contributed by atoms with Crippen LogP contribution in [-0.4, -0.2) is 58.3 Å². The van der Waals surface area contributed by atoms with Gasteiger partial charge in [-0.2, -0.15) is 0 Å². The van der Waals surface area contributed by atoms with E-state index in [-0.39, 0.29) is 11.8 Å². The smallest absolute Gasteiger partial charge is 0.274 e. The predicted octanol–water partition coefficient (Wildman–Crippen LogP) is 3.35. The summed E-state index contributed by atoms with van der Waals surface area (Å²) in [6.07, 6.45) is 9.78. The third kappa shape index (κ3) is 3.92. The van der Waals surface area contributed by atoms with Crippen LogP contribution in [0.15, 0.2) is 24.4 Å². The highest BCUT2D eigenvalue weighted by atomic mass is 16.2. The number of nitrogens with zero attached hydrogens (tertiary/aromatic N) is 3. The summed E-state index contributed by atoms with van der Waals surface area (Å²) in [7, 11) is 0. The first kappa shape index (κ1) is 22.1. The fourth-order valence-corrected chi connectivity index (χ4v) is 7.73. The van der Waals surface area contributed by atoms with Gasteiger partial charge in [-0.25, -0.2) is 4.98 Å². The highest BCUT2D eigenvalue weighted by Gasteiger charge is 2.50. The molecule has 4 saturated carbocycles. The largest absolute Gasteiger partial charge is 0.350 e. The Morgan fingerprint density at radius 1 is 1.15 bits per heavy atom. The number of imidazole rings is 1. The van der Waals surface area contributed by atoms with E-state index in [1.807, 2.05) is 23.1 Å². The number of piperazine rings is 1. The van der Waals surface area contributed by atoms with Crippen molar-refractivity contribution in [3.05, 3.63) is 35.8 Å². The molecule has 3 heterocycles. The average molecular weight is 464 g/mol. The van der Waals surface area contributed by atoms with E-state index >= 15 is 0 Å². The summed E-state index contributed by atoms with van der Waals surface area (Å²) in [5.74, 6) is 2.94. The van der Waals surface area contributed by atoms with Gasteiger partial charge in [0.2, 0.25) is 0 Å². The van der Waals surface area contributed by atoms with Gasteiger partial charge in [0.15, 0.2) is 0 Å². The van der Waals surface area contributed by atoms with Gasteiger partial charge in [0.25, 0.3) is 11.8 Å². The van der Waals surface area contributed by atoms with Crippen molar-refractivity contribution in [1.82, 2.24) is 24.9 Å². The van der Waals surface area contributed by atoms with Gasteiger partial charge in [-0.15, -0.1) is 0 Å². The van der Waals surface area contributed by atoms with Crippen molar-refractivity contribution in [2.75, 3.05) is 26.2 Å². The number of nitrogens with one attached hydrogen (secondary N) is 2. The van der Waals surface area contributed by atoms with Crippen molar-refractivity contribution in [2.24, 2.45) is 29.1 Å². The Morgan fingerprint density at radius 2 is 1.85 bits per heavy atom. The second kappa shape index (κ2) is 8.36. The molecular weight excluding hydrogens is 426 g/mol. The first-order valence-corrected chi connectivity index (χ1v) is 13.2. The van der Waals surface area contributed by atoms with E-state index in [2.05, 4.69) is 29.5 Å². The lowest BCUT2D eigenvalue weighted by Crippen LogP contribution is -2.54. The number of rotatable bonds is 5. The molecule has 5 fully saturated rings. The van der Waals surface area contributed by atoms with Gasteiger partial charge >= 0.3 is 0 Å². The van der Waals surface area contributed by atoms with Crippen molar-refractivity contribution < 1.29 is 9.59 Å². The van der Waals surface area contributed by atoms with Crippen LogP contribution in [0.1, 0.15) is 73.3 Å². The Labute approximate surface area is 201 Å². The Bertz CT molecular complexity index is 1070. The van der Waals surface area contributed by atoms with Crippen molar-refractivity contribution in [1.29, 1.82) is 0 Å². The molecule has 2 amide bonds. The second-order valence-electron chi connectivity index (χ2n) is 11.9. The highest BCUT2D eigenvalue weighted by molar-refractivity contribution is 5.95. The van der Waals surface area contributed by atoms with Crippen LogP contribution < -0.4 is 10.6 Å². The molecule has 1 atom stereocenters. The monoisotopic (exact) mass is 463 g/mol. The maximum absolute atomic E-state index is 13.3. The zero-order chi connectivity index (χ0) is 23.4. The van der Waals surface area contributed by atoms with Gasteiger partial charge < -0.3 is 15.5 Å². The molecule has 1 aliphatic heterocycles. The van der Waals surface area contributed by atoms with Crippen LogP contribution in [0.25, 0.3) is 5.65 Å². The van der Waals surface area contributed by atoms with Crippen molar-refractivity contribution >= 4 is 17.5 Å². The molecule has 4 bridgehead atoms. The standard InChI is InChI=1S/C27H37N5O2/c1-17(2)21-14-31(7-6-28-21)26(34)22-15-32-23(4-3-5-24(32)30-22)25(33)29-16-27-11-18-8-19(12-27)10-20(9-18)13-27/h3-5,15,17-21,28H,6-14,16H2,1-2H3,(H,29,33)/t18?,19?,20?,21-,27?/m0/s1. The van der Waals surface area contributed by atoms with Crippen molar-refractivity contribution in [2.45, 2.75) is 58.4 Å². The summed E-state index contributed by atoms with van der Waals surface area (Å²) in [6.45, 7) is 7.26. The van der Waals surface area contributed by atoms with Crippen LogP contribution in [0, 0.1) is 29.1 Å². The van der Waals surface area contributed by atoms with E-state index in [1.54, 1.807) is 10.6 Å². The molecule has 7 rings (SSSR count). The van der Waals surface area contributed by atoms with Gasteiger partial charge in [0.1, 0.15) is 17.0 Å². The van der Waals surface area contributed by atoms with E-state index in [9.17, 15) is 9.59 Å². The second-order valence-corrected chi connectivity index (χ2v) is 11.9. The van der Waals surface area contributed by atoms with Crippen LogP contribution in [0.5, 0.6) is 0 Å². The fraction of sp³-hybridized carbons (Fsp3) is 0.667. The van der Waals surface area contributed by atoms with Crippen LogP contribution in [0.4, 0.5) is 0 Å². The van der Waals surface area contributed by atoms with Gasteiger partial charge in [-0.3, -0.25) is 14.0 Å². The third-order valence-corrected chi connectivity index (χ3v) is 9.03. The minimum Gasteiger partial charge on any atom is -0.350 e. The number of amides is 2. The lowest BCUT2D eigenvalue weighted by molar-refractivity contribution is -0.0503. The normalized spacial score (nSPS) is 32.5. The van der Waals surface area contributed by atoms with Crippen LogP contribution in [-0.2, 0) is 0 Å². The molecule has 5 aliphatic rings. The van der Waals surface area contributed by atoms with E-state index in [0.29, 0.717) is 47.5 Å². The summed E-state index contributed by atoms with van der Waals surface area (Å²) in [4.78, 5) is 33.0. The molecular formula is C27H37N5O2. The molecule has 4 aliphatic carbocycles. The van der Waals surface area contributed by atoms with Gasteiger partial charge in [0.05, 0.1) is 0 Å². The van der Waals surface area contributed by atoms with Gasteiger partial charge in [-0.05, 0) is 79.7 Å². The molecule has 34 heavy (non-hydrogen) atoms. The molecule has 182 valence electrons. The zero-order valence-electron chi connectivity index (χ0n) is 20.4. The van der Waals surface area contributed by atoms with E-state index in [0.717, 1.165) is 30.8 Å². The number of hydrogen-bond acceptors (Lipinski definition) is 4. The molecule has 0 unspecified atom stereocenters. The molecule has 2 N–H and O–H groups in total. The van der Waals surface area contributed by atoms with Crippen molar-refractivity contribution in [3.63, 3.8) is 0 Å². The van der Waals surface area contributed by atoms with Crippen LogP contribution in [0.2, 0.25) is 0 Å². The maximum Gasteiger partial charge on any atom is 0.274 e. The van der Waals surface area contributed by atoms with Crippen LogP contribution in [0.3, 0.4) is 0 Å². The molecule has 7 nitrogen and oxygen atoms in total. The first-order valence-electron chi connectivity index (χ1n) is 13.2. The SMILES string of the molecule is CC(C)[C@@H]1CN(C(=O)c2cn3c(C(=O)NCC45CC6CC(CC(C6)C4)C5)cccc3n2)CCN1. The lowest BCUT2D eigenvalue weighted by atomic mass is 9.49. The Balaban J connectivity index is 1.18. The molecule has 0 radical (unpaired) electrons. The number of carbonyl (C=O) groups excluding carboxylic acids is 2. The molecule has 2 aromatic rings. The Kier molecular flexibility index (Phi) is 5.43. The summed E-state index contributed by atoms with van der Waals surface area (Å²) < 4.78 is 1.78. The van der Waals surface area contributed by atoms with Gasteiger partial charge in [-0.1, -0.05) is 19.9 Å². The summed E-state index contributed by atoms with van der Waals surface area (Å²) >= 11 is 0. The number of carbonyl (C=O) groups is 2. The highest BCUT2D eigenvalue weighted by Crippen LogP contribution is 2.59. The first-order chi connectivity index (χ1) is 16.4. The average Bonchev–Trinajstić information content (AvgIpc) is 3.26. The quantitative estimate of drug-likeness (QED) is 0.713. The van der Waals surface area contributed by atoms with Crippen molar-refractivity contribution in [3.8, 4) is 0 Å². The Hall–Kier alpha value is -2.41. The molecule has 7 heteroatoms. The molecule has 1 saturated heterocycles. The number of hydrogen-bond donors (Lipinski definition) is 2. The van der Waals surface area contributed by atoms with Crippen LogP contribution >= 0.6 is 0 Å². The van der Waals surface area contributed by atoms with E-state index < -0.39 is 0 Å². The summed E-state index contributed by atoms with van der Waals surface area (Å²) in [5.41, 5.74) is 1.89. The molecule has 2 aromatic heterocycles. The number of pyridine rings is 1. The minimum atomic E-state index is -0.0696.